The van der Waals surface area contributed by atoms with Crippen LogP contribution in [0.5, 0.6) is 5.75 Å². The zero-order chi connectivity index (χ0) is 13.8. The lowest BCUT2D eigenvalue weighted by Crippen LogP contribution is -2.37. The van der Waals surface area contributed by atoms with Crippen LogP contribution in [0, 0.1) is 0 Å². The Labute approximate surface area is 124 Å². The van der Waals surface area contributed by atoms with Crippen LogP contribution in [0.3, 0.4) is 0 Å². The van der Waals surface area contributed by atoms with E-state index in [2.05, 4.69) is 29.6 Å². The summed E-state index contributed by atoms with van der Waals surface area (Å²) in [6.45, 7) is 0.984. The molecule has 2 aromatic rings. The summed E-state index contributed by atoms with van der Waals surface area (Å²) in [4.78, 5) is 0. The Bertz CT molecular complexity index is 541. The van der Waals surface area contributed by atoms with Crippen LogP contribution in [0.15, 0.2) is 54.6 Å². The summed E-state index contributed by atoms with van der Waals surface area (Å²) in [6, 6.07) is 18.5. The Morgan fingerprint density at radius 1 is 1.00 bits per heavy atom. The molecule has 2 nitrogen and oxygen atoms in total. The second-order valence-electron chi connectivity index (χ2n) is 5.14. The smallest absolute Gasteiger partial charge is 0.119 e. The maximum atomic E-state index is 6.06. The van der Waals surface area contributed by atoms with Gasteiger partial charge in [-0.1, -0.05) is 41.9 Å². The molecule has 1 fully saturated rings. The van der Waals surface area contributed by atoms with Gasteiger partial charge in [-0.2, -0.15) is 0 Å². The highest BCUT2D eigenvalue weighted by atomic mass is 35.5. The Kier molecular flexibility index (Phi) is 4.24. The van der Waals surface area contributed by atoms with Crippen molar-refractivity contribution in [2.75, 3.05) is 6.54 Å². The van der Waals surface area contributed by atoms with E-state index in [4.69, 9.17) is 16.3 Å². The molecule has 1 N–H and O–H groups in total. The van der Waals surface area contributed by atoms with Gasteiger partial charge in [0.05, 0.1) is 0 Å². The summed E-state index contributed by atoms with van der Waals surface area (Å²) in [5.74, 6) is 0.896. The fraction of sp³-hybridized carbons (Fsp3) is 0.294. The summed E-state index contributed by atoms with van der Waals surface area (Å²) in [7, 11) is 0. The van der Waals surface area contributed by atoms with Crippen molar-refractivity contribution in [2.45, 2.75) is 25.0 Å². The molecule has 3 rings (SSSR count). The summed E-state index contributed by atoms with van der Waals surface area (Å²) < 4.78 is 6.06. The predicted molar refractivity (Wildman–Crippen MR) is 82.3 cm³/mol. The van der Waals surface area contributed by atoms with E-state index in [0.717, 1.165) is 30.2 Å². The van der Waals surface area contributed by atoms with Crippen LogP contribution in [-0.4, -0.2) is 12.6 Å². The number of hydrogen-bond donors (Lipinski definition) is 1. The van der Waals surface area contributed by atoms with Crippen LogP contribution < -0.4 is 10.1 Å². The SMILES string of the molecule is Clc1ccc(OC2CCNC(c3ccccc3)C2)cc1. The first-order valence-electron chi connectivity index (χ1n) is 7.02. The molecule has 0 aliphatic carbocycles. The molecular formula is C17H18ClNO. The van der Waals surface area contributed by atoms with Gasteiger partial charge in [-0.05, 0) is 42.8 Å². The van der Waals surface area contributed by atoms with E-state index < -0.39 is 0 Å². The minimum Gasteiger partial charge on any atom is -0.490 e. The molecule has 104 valence electrons. The van der Waals surface area contributed by atoms with Gasteiger partial charge in [0.1, 0.15) is 11.9 Å². The van der Waals surface area contributed by atoms with Crippen LogP contribution in [0.4, 0.5) is 0 Å². The van der Waals surface area contributed by atoms with Gasteiger partial charge < -0.3 is 10.1 Å². The molecule has 1 saturated heterocycles. The van der Waals surface area contributed by atoms with E-state index in [9.17, 15) is 0 Å². The number of hydrogen-bond acceptors (Lipinski definition) is 2. The molecule has 1 aliphatic heterocycles. The van der Waals surface area contributed by atoms with Crippen molar-refractivity contribution < 1.29 is 4.74 Å². The third kappa shape index (κ3) is 3.33. The maximum Gasteiger partial charge on any atom is 0.119 e. The monoisotopic (exact) mass is 287 g/mol. The topological polar surface area (TPSA) is 21.3 Å². The van der Waals surface area contributed by atoms with Crippen LogP contribution in [0.25, 0.3) is 0 Å². The molecule has 0 radical (unpaired) electrons. The predicted octanol–water partition coefficient (Wildman–Crippen LogP) is 4.21. The van der Waals surface area contributed by atoms with Crippen molar-refractivity contribution in [3.8, 4) is 5.75 Å². The molecule has 2 atom stereocenters. The molecule has 0 saturated carbocycles. The second-order valence-corrected chi connectivity index (χ2v) is 5.57. The Hall–Kier alpha value is -1.51. The van der Waals surface area contributed by atoms with Gasteiger partial charge in [0.2, 0.25) is 0 Å². The highest BCUT2D eigenvalue weighted by Gasteiger charge is 2.23. The highest BCUT2D eigenvalue weighted by molar-refractivity contribution is 6.30. The van der Waals surface area contributed by atoms with Crippen molar-refractivity contribution in [3.05, 3.63) is 65.2 Å². The average Bonchev–Trinajstić information content (AvgIpc) is 2.51. The minimum atomic E-state index is 0.252. The fourth-order valence-electron chi connectivity index (χ4n) is 2.63. The van der Waals surface area contributed by atoms with E-state index in [1.807, 2.05) is 30.3 Å². The average molecular weight is 288 g/mol. The number of benzene rings is 2. The lowest BCUT2D eigenvalue weighted by Gasteiger charge is -2.31. The number of rotatable bonds is 3. The van der Waals surface area contributed by atoms with Gasteiger partial charge >= 0.3 is 0 Å². The van der Waals surface area contributed by atoms with Gasteiger partial charge in [-0.15, -0.1) is 0 Å². The fourth-order valence-corrected chi connectivity index (χ4v) is 2.76. The van der Waals surface area contributed by atoms with Gasteiger partial charge in [0.25, 0.3) is 0 Å². The molecule has 0 spiro atoms. The first kappa shape index (κ1) is 13.5. The van der Waals surface area contributed by atoms with E-state index in [1.54, 1.807) is 0 Å². The summed E-state index contributed by atoms with van der Waals surface area (Å²) in [6.07, 6.45) is 2.28. The van der Waals surface area contributed by atoms with E-state index >= 15 is 0 Å². The zero-order valence-corrected chi connectivity index (χ0v) is 12.0. The van der Waals surface area contributed by atoms with Crippen LogP contribution in [0.1, 0.15) is 24.4 Å². The summed E-state index contributed by atoms with van der Waals surface area (Å²) in [5, 5.41) is 4.30. The molecule has 0 amide bonds. The molecule has 0 aromatic heterocycles. The molecule has 2 unspecified atom stereocenters. The number of nitrogens with one attached hydrogen (secondary N) is 1. The van der Waals surface area contributed by atoms with Gasteiger partial charge in [0.15, 0.2) is 0 Å². The van der Waals surface area contributed by atoms with E-state index in [0.29, 0.717) is 6.04 Å². The molecular weight excluding hydrogens is 270 g/mol. The molecule has 20 heavy (non-hydrogen) atoms. The largest absolute Gasteiger partial charge is 0.490 e. The normalized spacial score (nSPS) is 22.4. The highest BCUT2D eigenvalue weighted by Crippen LogP contribution is 2.26. The standard InChI is InChI=1S/C17H18ClNO/c18-14-6-8-15(9-7-14)20-16-10-11-19-17(12-16)13-4-2-1-3-5-13/h1-9,16-17,19H,10-12H2. The molecule has 2 aromatic carbocycles. The Morgan fingerprint density at radius 2 is 1.75 bits per heavy atom. The van der Waals surface area contributed by atoms with Gasteiger partial charge in [-0.25, -0.2) is 0 Å². The summed E-state index contributed by atoms with van der Waals surface area (Å²) in [5.41, 5.74) is 1.33. The van der Waals surface area contributed by atoms with Gasteiger partial charge in [-0.3, -0.25) is 0 Å². The van der Waals surface area contributed by atoms with Crippen LogP contribution >= 0.6 is 11.6 Å². The Balaban J connectivity index is 1.65. The lowest BCUT2D eigenvalue weighted by atomic mass is 9.95. The first-order chi connectivity index (χ1) is 9.81. The van der Waals surface area contributed by atoms with Crippen molar-refractivity contribution in [3.63, 3.8) is 0 Å². The van der Waals surface area contributed by atoms with Crippen LogP contribution in [0.2, 0.25) is 5.02 Å². The molecule has 3 heteroatoms. The lowest BCUT2D eigenvalue weighted by molar-refractivity contribution is 0.140. The van der Waals surface area contributed by atoms with Crippen molar-refractivity contribution in [1.29, 1.82) is 0 Å². The molecule has 0 bridgehead atoms. The molecule has 1 aliphatic rings. The minimum absolute atomic E-state index is 0.252. The van der Waals surface area contributed by atoms with Crippen molar-refractivity contribution in [2.24, 2.45) is 0 Å². The van der Waals surface area contributed by atoms with Crippen molar-refractivity contribution in [1.82, 2.24) is 5.32 Å². The van der Waals surface area contributed by atoms with E-state index in [1.165, 1.54) is 5.56 Å². The number of halogens is 1. The second kappa shape index (κ2) is 6.29. The third-order valence-corrected chi connectivity index (χ3v) is 3.93. The third-order valence-electron chi connectivity index (χ3n) is 3.67. The molecule has 1 heterocycles. The maximum absolute atomic E-state index is 6.06. The quantitative estimate of drug-likeness (QED) is 0.913. The first-order valence-corrected chi connectivity index (χ1v) is 7.39. The number of piperidine rings is 1. The zero-order valence-electron chi connectivity index (χ0n) is 11.3. The van der Waals surface area contributed by atoms with Crippen LogP contribution in [-0.2, 0) is 0 Å². The Morgan fingerprint density at radius 3 is 2.50 bits per heavy atom. The summed E-state index contributed by atoms with van der Waals surface area (Å²) >= 11 is 5.89. The van der Waals surface area contributed by atoms with Gasteiger partial charge in [0, 0.05) is 17.5 Å². The number of ether oxygens (including phenoxy) is 1. The van der Waals surface area contributed by atoms with E-state index in [-0.39, 0.29) is 6.10 Å². The van der Waals surface area contributed by atoms with Crippen molar-refractivity contribution >= 4 is 11.6 Å².